The Morgan fingerprint density at radius 1 is 1.13 bits per heavy atom. The third-order valence-electron chi connectivity index (χ3n) is 1.77. The summed E-state index contributed by atoms with van der Waals surface area (Å²) in [5, 5.41) is 0. The summed E-state index contributed by atoms with van der Waals surface area (Å²) in [4.78, 5) is 0. The molecule has 0 N–H and O–H groups in total. The van der Waals surface area contributed by atoms with E-state index < -0.39 is 0 Å². The van der Waals surface area contributed by atoms with Crippen molar-refractivity contribution < 1.29 is 14.2 Å². The molecular weight excluding hydrogens is 192 g/mol. The van der Waals surface area contributed by atoms with Crippen LogP contribution >= 0.6 is 0 Å². The van der Waals surface area contributed by atoms with Gasteiger partial charge in [0.05, 0.1) is 27.6 Å². The molecule has 3 nitrogen and oxygen atoms in total. The lowest BCUT2D eigenvalue weighted by atomic mass is 10.2. The molecule has 0 aliphatic carbocycles. The highest BCUT2D eigenvalue weighted by atomic mass is 16.5. The van der Waals surface area contributed by atoms with Gasteiger partial charge in [0.2, 0.25) is 0 Å². The van der Waals surface area contributed by atoms with E-state index in [-0.39, 0.29) is 0 Å². The number of rotatable bonds is 3. The van der Waals surface area contributed by atoms with Crippen LogP contribution in [-0.4, -0.2) is 21.3 Å². The summed E-state index contributed by atoms with van der Waals surface area (Å²) in [7, 11) is 4.88. The normalized spacial score (nSPS) is 8.27. The first-order valence-electron chi connectivity index (χ1n) is 4.51. The maximum Gasteiger partial charge on any atom is 0.122 e. The summed E-state index contributed by atoms with van der Waals surface area (Å²) in [5.74, 6) is 1.76. The van der Waals surface area contributed by atoms with Crippen molar-refractivity contribution >= 4 is 0 Å². The number of benzene rings is 1. The van der Waals surface area contributed by atoms with Crippen LogP contribution in [0, 0.1) is 6.92 Å². The second-order valence-corrected chi connectivity index (χ2v) is 2.74. The van der Waals surface area contributed by atoms with Crippen molar-refractivity contribution in [2.24, 2.45) is 0 Å². The lowest BCUT2D eigenvalue weighted by Gasteiger charge is -2.05. The number of methoxy groups -OCH3 is 3. The highest BCUT2D eigenvalue weighted by Gasteiger charge is 1.97. The van der Waals surface area contributed by atoms with Crippen LogP contribution in [0.5, 0.6) is 11.5 Å². The molecule has 0 radical (unpaired) electrons. The van der Waals surface area contributed by atoms with E-state index in [1.165, 1.54) is 6.26 Å². The average Bonchev–Trinajstić information content (AvgIpc) is 2.29. The molecule has 84 valence electrons. The molecule has 0 amide bonds. The Balaban J connectivity index is 0.000000423. The predicted molar refractivity (Wildman–Crippen MR) is 61.5 cm³/mol. The lowest BCUT2D eigenvalue weighted by Crippen LogP contribution is -1.88. The summed E-state index contributed by atoms with van der Waals surface area (Å²) in [5.41, 5.74) is 1.09. The van der Waals surface area contributed by atoms with Crippen molar-refractivity contribution in [3.05, 3.63) is 36.6 Å². The molecule has 0 saturated carbocycles. The van der Waals surface area contributed by atoms with Crippen molar-refractivity contribution in [2.45, 2.75) is 6.92 Å². The minimum atomic E-state index is 0.864. The summed E-state index contributed by atoms with van der Waals surface area (Å²) in [6, 6.07) is 5.72. The third-order valence-corrected chi connectivity index (χ3v) is 1.77. The van der Waals surface area contributed by atoms with E-state index in [2.05, 4.69) is 11.3 Å². The minimum absolute atomic E-state index is 0.864. The Kier molecular flexibility index (Phi) is 6.89. The fraction of sp³-hybridized carbons (Fsp3) is 0.333. The lowest BCUT2D eigenvalue weighted by molar-refractivity contribution is 0.339. The van der Waals surface area contributed by atoms with Gasteiger partial charge >= 0.3 is 0 Å². The molecule has 0 aliphatic rings. The summed E-state index contributed by atoms with van der Waals surface area (Å²) in [6.07, 6.45) is 1.38. The van der Waals surface area contributed by atoms with E-state index in [0.717, 1.165) is 17.1 Å². The van der Waals surface area contributed by atoms with E-state index in [1.54, 1.807) is 21.3 Å². The van der Waals surface area contributed by atoms with Gasteiger partial charge in [-0.3, -0.25) is 0 Å². The van der Waals surface area contributed by atoms with Crippen LogP contribution in [0.1, 0.15) is 5.56 Å². The van der Waals surface area contributed by atoms with Crippen molar-refractivity contribution in [3.63, 3.8) is 0 Å². The second-order valence-electron chi connectivity index (χ2n) is 2.74. The molecule has 0 heterocycles. The maximum absolute atomic E-state index is 5.09. The van der Waals surface area contributed by atoms with Crippen LogP contribution in [0.3, 0.4) is 0 Å². The molecule has 15 heavy (non-hydrogen) atoms. The van der Waals surface area contributed by atoms with Crippen molar-refractivity contribution in [3.8, 4) is 11.5 Å². The third kappa shape index (κ3) is 4.96. The van der Waals surface area contributed by atoms with Gasteiger partial charge in [-0.2, -0.15) is 0 Å². The van der Waals surface area contributed by atoms with E-state index >= 15 is 0 Å². The van der Waals surface area contributed by atoms with Crippen LogP contribution in [0.15, 0.2) is 31.0 Å². The molecule has 0 fully saturated rings. The van der Waals surface area contributed by atoms with Gasteiger partial charge in [-0.25, -0.2) is 0 Å². The molecule has 0 aliphatic heterocycles. The number of hydrogen-bond acceptors (Lipinski definition) is 3. The Hall–Kier alpha value is -1.64. The standard InChI is InChI=1S/C9H12O2.C3H6O/c1-7-6-8(10-2)4-5-9(7)11-3;1-3-4-2/h4-6H,1-3H3;3H,1H2,2H3. The van der Waals surface area contributed by atoms with Crippen molar-refractivity contribution in [1.82, 2.24) is 0 Å². The Labute approximate surface area is 91.3 Å². The summed E-state index contributed by atoms with van der Waals surface area (Å²) >= 11 is 0. The van der Waals surface area contributed by atoms with Crippen molar-refractivity contribution in [2.75, 3.05) is 21.3 Å². The summed E-state index contributed by atoms with van der Waals surface area (Å²) in [6.45, 7) is 5.24. The monoisotopic (exact) mass is 210 g/mol. The first-order chi connectivity index (χ1) is 7.19. The zero-order valence-corrected chi connectivity index (χ0v) is 9.74. The molecule has 0 bridgehead atoms. The van der Waals surface area contributed by atoms with Gasteiger partial charge in [0, 0.05) is 0 Å². The van der Waals surface area contributed by atoms with Crippen LogP contribution in [0.4, 0.5) is 0 Å². The highest BCUT2D eigenvalue weighted by Crippen LogP contribution is 2.22. The quantitative estimate of drug-likeness (QED) is 0.718. The van der Waals surface area contributed by atoms with Gasteiger partial charge in [-0.05, 0) is 30.7 Å². The largest absolute Gasteiger partial charge is 0.505 e. The van der Waals surface area contributed by atoms with E-state index in [9.17, 15) is 0 Å². The Morgan fingerprint density at radius 2 is 1.73 bits per heavy atom. The van der Waals surface area contributed by atoms with Crippen LogP contribution < -0.4 is 9.47 Å². The van der Waals surface area contributed by atoms with E-state index in [4.69, 9.17) is 9.47 Å². The van der Waals surface area contributed by atoms with Gasteiger partial charge in [0.15, 0.2) is 0 Å². The van der Waals surface area contributed by atoms with Gasteiger partial charge < -0.3 is 14.2 Å². The first-order valence-corrected chi connectivity index (χ1v) is 4.51. The Morgan fingerprint density at radius 3 is 2.07 bits per heavy atom. The van der Waals surface area contributed by atoms with E-state index in [0.29, 0.717) is 0 Å². The molecule has 0 saturated heterocycles. The topological polar surface area (TPSA) is 27.7 Å². The molecule has 0 unspecified atom stereocenters. The molecule has 1 rings (SSSR count). The smallest absolute Gasteiger partial charge is 0.122 e. The number of hydrogen-bond donors (Lipinski definition) is 0. The molecule has 1 aromatic rings. The fourth-order valence-electron chi connectivity index (χ4n) is 0.978. The van der Waals surface area contributed by atoms with Gasteiger partial charge in [0.1, 0.15) is 11.5 Å². The Bertz CT molecular complexity index is 295. The fourth-order valence-corrected chi connectivity index (χ4v) is 0.978. The van der Waals surface area contributed by atoms with Gasteiger partial charge in [-0.15, -0.1) is 0 Å². The zero-order valence-electron chi connectivity index (χ0n) is 9.74. The van der Waals surface area contributed by atoms with Gasteiger partial charge in [0.25, 0.3) is 0 Å². The number of ether oxygens (including phenoxy) is 3. The SMILES string of the molecule is C=COC.COc1ccc(OC)c(C)c1. The van der Waals surface area contributed by atoms with Crippen LogP contribution in [0.2, 0.25) is 0 Å². The van der Waals surface area contributed by atoms with Gasteiger partial charge in [-0.1, -0.05) is 6.58 Å². The molecule has 3 heteroatoms. The first kappa shape index (κ1) is 13.4. The zero-order chi connectivity index (χ0) is 11.7. The highest BCUT2D eigenvalue weighted by molar-refractivity contribution is 5.39. The molecular formula is C12H18O3. The minimum Gasteiger partial charge on any atom is -0.505 e. The maximum atomic E-state index is 5.09. The van der Waals surface area contributed by atoms with Crippen LogP contribution in [-0.2, 0) is 4.74 Å². The van der Waals surface area contributed by atoms with Crippen LogP contribution in [0.25, 0.3) is 0 Å². The molecule has 0 aromatic heterocycles. The second kappa shape index (κ2) is 7.74. The van der Waals surface area contributed by atoms with Crippen molar-refractivity contribution in [1.29, 1.82) is 0 Å². The predicted octanol–water partition coefficient (Wildman–Crippen LogP) is 2.79. The molecule has 1 aromatic carbocycles. The summed E-state index contributed by atoms with van der Waals surface area (Å²) < 4.78 is 14.4. The average molecular weight is 210 g/mol. The molecule has 0 spiro atoms. The molecule has 0 atom stereocenters. The van der Waals surface area contributed by atoms with E-state index in [1.807, 2.05) is 25.1 Å². The number of aryl methyl sites for hydroxylation is 1.